The molecule has 0 bridgehead atoms. The Morgan fingerprint density at radius 3 is 2.02 bits per heavy atom. The van der Waals surface area contributed by atoms with Crippen LogP contribution in [0.1, 0.15) is 96.0 Å². The van der Waals surface area contributed by atoms with Crippen molar-refractivity contribution in [3.63, 3.8) is 0 Å². The van der Waals surface area contributed by atoms with E-state index in [1.807, 2.05) is 63.2 Å². The summed E-state index contributed by atoms with van der Waals surface area (Å²) in [6, 6.07) is 11.2. The number of esters is 1. The second-order valence-corrected chi connectivity index (χ2v) is 13.6. The van der Waals surface area contributed by atoms with E-state index in [9.17, 15) is 24.3 Å². The maximum atomic E-state index is 14.5. The molecule has 46 heavy (non-hydrogen) atoms. The van der Waals surface area contributed by atoms with Gasteiger partial charge in [0.15, 0.2) is 0 Å². The lowest BCUT2D eigenvalue weighted by atomic mass is 9.94. The first kappa shape index (κ1) is 38.3. The molecule has 0 saturated carbocycles. The van der Waals surface area contributed by atoms with Crippen LogP contribution in [-0.2, 0) is 30.3 Å². The van der Waals surface area contributed by atoms with Crippen LogP contribution in [0.3, 0.4) is 0 Å². The number of amides is 3. The Kier molecular flexibility index (Phi) is 14.2. The highest BCUT2D eigenvalue weighted by Crippen LogP contribution is 2.28. The maximum absolute atomic E-state index is 14.5. The molecule has 2 rings (SSSR count). The van der Waals surface area contributed by atoms with Gasteiger partial charge in [-0.1, -0.05) is 68.3 Å². The number of benzene rings is 2. The molecule has 2 aromatic rings. The standard InChI is InChI=1S/C36H53N3O7/c1-10-11-15-21-39(32(42)29(23-40)38-34(44)46-36(7,8)9)30(27-20-16-17-24(2)25(27)3)31(41)37-28(33(43)45-35(4,5)6)22-26-18-13-12-14-19-26/h12-14,16-20,28-30,40H,10-11,15,21-23H2,1-9H3,(H,37,41)(H,38,44). The Labute approximate surface area is 274 Å². The topological polar surface area (TPSA) is 134 Å². The first-order chi connectivity index (χ1) is 21.5. The Morgan fingerprint density at radius 2 is 1.46 bits per heavy atom. The molecule has 10 heteroatoms. The van der Waals surface area contributed by atoms with E-state index in [-0.39, 0.29) is 13.0 Å². The van der Waals surface area contributed by atoms with Crippen molar-refractivity contribution in [1.82, 2.24) is 15.5 Å². The molecule has 0 spiro atoms. The number of ether oxygens (including phenoxy) is 2. The summed E-state index contributed by atoms with van der Waals surface area (Å²) in [6.45, 7) is 15.6. The zero-order valence-corrected chi connectivity index (χ0v) is 28.9. The van der Waals surface area contributed by atoms with Crippen LogP contribution in [0.25, 0.3) is 0 Å². The minimum Gasteiger partial charge on any atom is -0.458 e. The summed E-state index contributed by atoms with van der Waals surface area (Å²) in [7, 11) is 0. The van der Waals surface area contributed by atoms with Crippen LogP contribution >= 0.6 is 0 Å². The average Bonchev–Trinajstić information content (AvgIpc) is 2.95. The number of alkyl carbamates (subject to hydrolysis) is 1. The number of aryl methyl sites for hydroxylation is 1. The summed E-state index contributed by atoms with van der Waals surface area (Å²) in [5.41, 5.74) is 1.47. The molecule has 10 nitrogen and oxygen atoms in total. The number of carbonyl (C=O) groups is 4. The van der Waals surface area contributed by atoms with E-state index in [4.69, 9.17) is 9.47 Å². The first-order valence-corrected chi connectivity index (χ1v) is 16.0. The summed E-state index contributed by atoms with van der Waals surface area (Å²) in [5.74, 6) is -1.84. The Morgan fingerprint density at radius 1 is 0.826 bits per heavy atom. The van der Waals surface area contributed by atoms with Crippen molar-refractivity contribution in [3.8, 4) is 0 Å². The number of aliphatic hydroxyl groups excluding tert-OH is 1. The number of hydrogen-bond donors (Lipinski definition) is 3. The van der Waals surface area contributed by atoms with Crippen LogP contribution in [0.2, 0.25) is 0 Å². The van der Waals surface area contributed by atoms with Crippen molar-refractivity contribution in [1.29, 1.82) is 0 Å². The van der Waals surface area contributed by atoms with Crippen LogP contribution in [0, 0.1) is 13.8 Å². The molecule has 3 unspecified atom stereocenters. The monoisotopic (exact) mass is 639 g/mol. The third kappa shape index (κ3) is 12.1. The van der Waals surface area contributed by atoms with Gasteiger partial charge in [0.05, 0.1) is 6.61 Å². The summed E-state index contributed by atoms with van der Waals surface area (Å²) in [5, 5.41) is 15.6. The van der Waals surface area contributed by atoms with E-state index >= 15 is 0 Å². The van der Waals surface area contributed by atoms with Gasteiger partial charge in [0.1, 0.15) is 29.3 Å². The number of unbranched alkanes of at least 4 members (excludes halogenated alkanes) is 2. The lowest BCUT2D eigenvalue weighted by Gasteiger charge is -2.36. The van der Waals surface area contributed by atoms with Gasteiger partial charge in [-0.3, -0.25) is 9.59 Å². The van der Waals surface area contributed by atoms with Gasteiger partial charge < -0.3 is 30.1 Å². The molecule has 254 valence electrons. The molecular formula is C36H53N3O7. The molecule has 0 aliphatic rings. The lowest BCUT2D eigenvalue weighted by Crippen LogP contribution is -2.56. The molecule has 0 radical (unpaired) electrons. The first-order valence-electron chi connectivity index (χ1n) is 16.0. The molecule has 0 fully saturated rings. The van der Waals surface area contributed by atoms with E-state index in [1.165, 1.54) is 4.90 Å². The fraction of sp³-hybridized carbons (Fsp3) is 0.556. The number of carbonyl (C=O) groups excluding carboxylic acids is 4. The summed E-state index contributed by atoms with van der Waals surface area (Å²) in [4.78, 5) is 56.2. The third-order valence-electron chi connectivity index (χ3n) is 7.25. The molecule has 0 aliphatic carbocycles. The minimum absolute atomic E-state index is 0.167. The van der Waals surface area contributed by atoms with Crippen molar-refractivity contribution < 1.29 is 33.8 Å². The van der Waals surface area contributed by atoms with Gasteiger partial charge in [0.2, 0.25) is 11.8 Å². The smallest absolute Gasteiger partial charge is 0.408 e. The molecule has 0 saturated heterocycles. The third-order valence-corrected chi connectivity index (χ3v) is 7.25. The van der Waals surface area contributed by atoms with Crippen molar-refractivity contribution in [2.45, 2.75) is 117 Å². The van der Waals surface area contributed by atoms with E-state index < -0.39 is 59.8 Å². The highest BCUT2D eigenvalue weighted by atomic mass is 16.6. The van der Waals surface area contributed by atoms with Gasteiger partial charge in [0, 0.05) is 13.0 Å². The van der Waals surface area contributed by atoms with E-state index in [2.05, 4.69) is 10.6 Å². The van der Waals surface area contributed by atoms with Gasteiger partial charge in [-0.25, -0.2) is 9.59 Å². The molecule has 3 N–H and O–H groups in total. The van der Waals surface area contributed by atoms with Gasteiger partial charge in [0.25, 0.3) is 0 Å². The highest BCUT2D eigenvalue weighted by molar-refractivity contribution is 5.94. The highest BCUT2D eigenvalue weighted by Gasteiger charge is 2.38. The molecule has 3 amide bonds. The lowest BCUT2D eigenvalue weighted by molar-refractivity contribution is -0.159. The Bertz CT molecular complexity index is 1320. The van der Waals surface area contributed by atoms with E-state index in [0.29, 0.717) is 12.0 Å². The summed E-state index contributed by atoms with van der Waals surface area (Å²) in [6.07, 6.45) is 1.52. The van der Waals surface area contributed by atoms with Gasteiger partial charge in [-0.2, -0.15) is 0 Å². The van der Waals surface area contributed by atoms with Gasteiger partial charge in [-0.15, -0.1) is 0 Å². The van der Waals surface area contributed by atoms with Gasteiger partial charge in [-0.05, 0) is 84.1 Å². The number of nitrogens with one attached hydrogen (secondary N) is 2. The molecule has 2 aromatic carbocycles. The Hall–Kier alpha value is -3.92. The summed E-state index contributed by atoms with van der Waals surface area (Å²) >= 11 is 0. The molecule has 3 atom stereocenters. The van der Waals surface area contributed by atoms with E-state index in [1.54, 1.807) is 47.6 Å². The molecule has 0 aliphatic heterocycles. The fourth-order valence-corrected chi connectivity index (χ4v) is 4.92. The summed E-state index contributed by atoms with van der Waals surface area (Å²) < 4.78 is 11.0. The quantitative estimate of drug-likeness (QED) is 0.188. The minimum atomic E-state index is -1.37. The maximum Gasteiger partial charge on any atom is 0.408 e. The molecule has 0 heterocycles. The van der Waals surface area contributed by atoms with Crippen LogP contribution in [0.5, 0.6) is 0 Å². The van der Waals surface area contributed by atoms with Crippen LogP contribution in [0.4, 0.5) is 4.79 Å². The van der Waals surface area contributed by atoms with Crippen LogP contribution in [-0.4, -0.2) is 70.3 Å². The predicted octanol–water partition coefficient (Wildman–Crippen LogP) is 5.32. The number of aliphatic hydroxyl groups is 1. The van der Waals surface area contributed by atoms with Crippen LogP contribution < -0.4 is 10.6 Å². The zero-order chi connectivity index (χ0) is 34.7. The second-order valence-electron chi connectivity index (χ2n) is 13.6. The van der Waals surface area contributed by atoms with Crippen molar-refractivity contribution in [2.24, 2.45) is 0 Å². The fourth-order valence-electron chi connectivity index (χ4n) is 4.92. The van der Waals surface area contributed by atoms with Crippen molar-refractivity contribution in [3.05, 3.63) is 70.8 Å². The number of nitrogens with zero attached hydrogens (tertiary/aromatic N) is 1. The second kappa shape index (κ2) is 17.1. The number of hydrogen-bond acceptors (Lipinski definition) is 7. The normalized spacial score (nSPS) is 13.6. The van der Waals surface area contributed by atoms with Crippen molar-refractivity contribution in [2.75, 3.05) is 13.2 Å². The average molecular weight is 640 g/mol. The SMILES string of the molecule is CCCCCN(C(=O)C(CO)NC(=O)OC(C)(C)C)C(C(=O)NC(Cc1ccccc1)C(=O)OC(C)(C)C)c1cccc(C)c1C. The molecular weight excluding hydrogens is 586 g/mol. The predicted molar refractivity (Wildman–Crippen MR) is 178 cm³/mol. The number of rotatable bonds is 14. The van der Waals surface area contributed by atoms with Crippen molar-refractivity contribution >= 4 is 23.9 Å². The zero-order valence-electron chi connectivity index (χ0n) is 28.9. The van der Waals surface area contributed by atoms with Crippen LogP contribution in [0.15, 0.2) is 48.5 Å². The molecule has 0 aromatic heterocycles. The van der Waals surface area contributed by atoms with Gasteiger partial charge >= 0.3 is 12.1 Å². The largest absolute Gasteiger partial charge is 0.458 e. The Balaban J connectivity index is 2.62. The van der Waals surface area contributed by atoms with E-state index in [0.717, 1.165) is 29.5 Å².